The third kappa shape index (κ3) is 5.44. The molecule has 1 radical (unpaired) electrons. The molecule has 0 spiro atoms. The van der Waals surface area contributed by atoms with Crippen molar-refractivity contribution in [2.45, 2.75) is 20.0 Å². The maximum atomic E-state index is 10.3. The molecule has 0 aromatic carbocycles. The van der Waals surface area contributed by atoms with E-state index >= 15 is 0 Å². The van der Waals surface area contributed by atoms with Gasteiger partial charge in [0.1, 0.15) is 6.10 Å². The molecule has 0 aliphatic rings. The maximum Gasteiger partial charge on any atom is 0.109 e. The van der Waals surface area contributed by atoms with Crippen molar-refractivity contribution in [2.75, 3.05) is 0 Å². The summed E-state index contributed by atoms with van der Waals surface area (Å²) in [6.07, 6.45) is 2.71. The van der Waals surface area contributed by atoms with Crippen LogP contribution in [0.4, 0.5) is 0 Å². The molecule has 0 bridgehead atoms. The van der Waals surface area contributed by atoms with Gasteiger partial charge in [-0.25, -0.2) is 5.11 Å². The second-order valence-corrected chi connectivity index (χ2v) is 1.91. The molecule has 1 atom stereocenters. The van der Waals surface area contributed by atoms with Gasteiger partial charge in [0.2, 0.25) is 0 Å². The van der Waals surface area contributed by atoms with Crippen LogP contribution in [0.3, 0.4) is 0 Å². The predicted molar refractivity (Wildman–Crippen MR) is 34.1 cm³/mol. The first-order valence-corrected chi connectivity index (χ1v) is 2.62. The zero-order valence-electron chi connectivity index (χ0n) is 5.35. The lowest BCUT2D eigenvalue weighted by Gasteiger charge is -1.87. The first-order chi connectivity index (χ1) is 3.63. The monoisotopic (exact) mass is 111 g/mol. The van der Waals surface area contributed by atoms with E-state index in [9.17, 15) is 5.11 Å². The molecule has 1 unspecified atom stereocenters. The van der Waals surface area contributed by atoms with Crippen LogP contribution < -0.4 is 0 Å². The van der Waals surface area contributed by atoms with Crippen LogP contribution in [-0.2, 0) is 5.11 Å². The lowest BCUT2D eigenvalue weighted by molar-refractivity contribution is 0.146. The number of hydrogen-bond acceptors (Lipinski definition) is 0. The van der Waals surface area contributed by atoms with Crippen LogP contribution in [0.25, 0.3) is 0 Å². The van der Waals surface area contributed by atoms with Gasteiger partial charge in [0, 0.05) is 0 Å². The minimum atomic E-state index is -0.605. The Hall–Kier alpha value is -0.560. The van der Waals surface area contributed by atoms with Crippen LogP contribution in [0.5, 0.6) is 0 Å². The maximum absolute atomic E-state index is 10.3. The van der Waals surface area contributed by atoms with Gasteiger partial charge in [-0.3, -0.25) is 0 Å². The number of rotatable bonds is 2. The summed E-state index contributed by atoms with van der Waals surface area (Å²) in [4.78, 5) is 0. The van der Waals surface area contributed by atoms with Crippen LogP contribution in [0.1, 0.15) is 13.8 Å². The highest BCUT2D eigenvalue weighted by Crippen LogP contribution is 1.91. The normalized spacial score (nSPS) is 14.4. The van der Waals surface area contributed by atoms with E-state index in [0.717, 1.165) is 5.57 Å². The lowest BCUT2D eigenvalue weighted by Crippen LogP contribution is -1.88. The molecule has 45 valence electrons. The van der Waals surface area contributed by atoms with Gasteiger partial charge in [0.15, 0.2) is 0 Å². The van der Waals surface area contributed by atoms with Crippen molar-refractivity contribution in [1.82, 2.24) is 0 Å². The van der Waals surface area contributed by atoms with E-state index < -0.39 is 6.10 Å². The van der Waals surface area contributed by atoms with E-state index in [1.807, 2.05) is 6.92 Å². The van der Waals surface area contributed by atoms with Crippen molar-refractivity contribution in [2.24, 2.45) is 0 Å². The Morgan fingerprint density at radius 1 is 1.75 bits per heavy atom. The molecule has 0 aromatic heterocycles. The molecule has 1 heteroatoms. The van der Waals surface area contributed by atoms with Gasteiger partial charge < -0.3 is 0 Å². The molecule has 0 aliphatic carbocycles. The van der Waals surface area contributed by atoms with Crippen molar-refractivity contribution in [3.8, 4) is 0 Å². The molecule has 0 heterocycles. The summed E-state index contributed by atoms with van der Waals surface area (Å²) in [5.41, 5.74) is 0.924. The zero-order valence-corrected chi connectivity index (χ0v) is 5.35. The summed E-state index contributed by atoms with van der Waals surface area (Å²) in [5, 5.41) is 10.3. The molecular weight excluding hydrogens is 100 g/mol. The topological polar surface area (TPSA) is 19.9 Å². The SMILES string of the molecule is C=C(C)C=CC(C)[O]. The van der Waals surface area contributed by atoms with Crippen LogP contribution >= 0.6 is 0 Å². The Balaban J connectivity index is 3.50. The molecule has 0 fully saturated rings. The average Bonchev–Trinajstić information content (AvgIpc) is 1.61. The van der Waals surface area contributed by atoms with Crippen LogP contribution in [-0.4, -0.2) is 6.10 Å². The van der Waals surface area contributed by atoms with Gasteiger partial charge in [-0.2, -0.15) is 0 Å². The average molecular weight is 111 g/mol. The quantitative estimate of drug-likeness (QED) is 0.485. The number of hydrogen-bond donors (Lipinski definition) is 0. The first kappa shape index (κ1) is 7.44. The predicted octanol–water partition coefficient (Wildman–Crippen LogP) is 1.94. The first-order valence-electron chi connectivity index (χ1n) is 2.62. The molecule has 0 N–H and O–H groups in total. The molecule has 0 saturated carbocycles. The molecule has 0 aliphatic heterocycles. The molecule has 8 heavy (non-hydrogen) atoms. The van der Waals surface area contributed by atoms with E-state index in [4.69, 9.17) is 0 Å². The fraction of sp³-hybridized carbons (Fsp3) is 0.429. The van der Waals surface area contributed by atoms with Crippen LogP contribution in [0, 0.1) is 0 Å². The highest BCUT2D eigenvalue weighted by Gasteiger charge is 1.85. The summed E-state index contributed by atoms with van der Waals surface area (Å²) < 4.78 is 0. The Morgan fingerprint density at radius 2 is 2.25 bits per heavy atom. The second kappa shape index (κ2) is 3.44. The van der Waals surface area contributed by atoms with Crippen molar-refractivity contribution >= 4 is 0 Å². The van der Waals surface area contributed by atoms with E-state index in [0.29, 0.717) is 0 Å². The largest absolute Gasteiger partial charge is 0.229 e. The molecule has 0 aromatic rings. The molecule has 1 nitrogen and oxygen atoms in total. The van der Waals surface area contributed by atoms with Gasteiger partial charge in [-0.15, -0.1) is 0 Å². The van der Waals surface area contributed by atoms with Crippen molar-refractivity contribution in [3.05, 3.63) is 24.3 Å². The standard InChI is InChI=1S/C7H11O/c1-6(2)4-5-7(3)8/h4-5,7H,1H2,2-3H3. The minimum absolute atomic E-state index is 0.605. The van der Waals surface area contributed by atoms with E-state index in [-0.39, 0.29) is 0 Å². The van der Waals surface area contributed by atoms with Gasteiger partial charge in [0.25, 0.3) is 0 Å². The van der Waals surface area contributed by atoms with Crippen molar-refractivity contribution in [1.29, 1.82) is 0 Å². The lowest BCUT2D eigenvalue weighted by atomic mass is 10.3. The van der Waals surface area contributed by atoms with Gasteiger partial charge in [-0.1, -0.05) is 24.3 Å². The summed E-state index contributed by atoms with van der Waals surface area (Å²) >= 11 is 0. The van der Waals surface area contributed by atoms with Crippen molar-refractivity contribution < 1.29 is 5.11 Å². The van der Waals surface area contributed by atoms with E-state index in [1.54, 1.807) is 19.1 Å². The van der Waals surface area contributed by atoms with Crippen LogP contribution in [0.2, 0.25) is 0 Å². The van der Waals surface area contributed by atoms with Gasteiger partial charge in [-0.05, 0) is 13.8 Å². The van der Waals surface area contributed by atoms with E-state index in [1.165, 1.54) is 0 Å². The summed E-state index contributed by atoms with van der Waals surface area (Å²) in [6, 6.07) is 0. The smallest absolute Gasteiger partial charge is 0.109 e. The van der Waals surface area contributed by atoms with Crippen molar-refractivity contribution in [3.63, 3.8) is 0 Å². The second-order valence-electron chi connectivity index (χ2n) is 1.91. The van der Waals surface area contributed by atoms with E-state index in [2.05, 4.69) is 6.58 Å². The fourth-order valence-electron chi connectivity index (χ4n) is 0.300. The minimum Gasteiger partial charge on any atom is -0.229 e. The summed E-state index contributed by atoms with van der Waals surface area (Å²) in [6.45, 7) is 7.06. The summed E-state index contributed by atoms with van der Waals surface area (Å²) in [7, 11) is 0. The third-order valence-corrected chi connectivity index (χ3v) is 0.652. The number of allylic oxidation sites excluding steroid dienone is 2. The molecular formula is C7H11O. The Kier molecular flexibility index (Phi) is 3.20. The van der Waals surface area contributed by atoms with Gasteiger partial charge >= 0.3 is 0 Å². The third-order valence-electron chi connectivity index (χ3n) is 0.652. The highest BCUT2D eigenvalue weighted by molar-refractivity contribution is 5.11. The molecule has 0 saturated heterocycles. The fourth-order valence-corrected chi connectivity index (χ4v) is 0.300. The molecule has 0 rings (SSSR count). The zero-order chi connectivity index (χ0) is 6.57. The Labute approximate surface area is 50.3 Å². The summed E-state index contributed by atoms with van der Waals surface area (Å²) in [5.74, 6) is 0. The molecule has 0 amide bonds. The van der Waals surface area contributed by atoms with Crippen LogP contribution in [0.15, 0.2) is 24.3 Å². The highest BCUT2D eigenvalue weighted by atomic mass is 16.3. The van der Waals surface area contributed by atoms with Gasteiger partial charge in [0.05, 0.1) is 0 Å². The Morgan fingerprint density at radius 3 is 2.38 bits per heavy atom. The Bertz CT molecular complexity index is 101.